The topological polar surface area (TPSA) is 62.2 Å². The van der Waals surface area contributed by atoms with Crippen LogP contribution in [-0.4, -0.2) is 51.9 Å². The fourth-order valence-electron chi connectivity index (χ4n) is 4.08. The molecular weight excluding hydrogens is 395 g/mol. The number of anilines is 1. The highest BCUT2D eigenvalue weighted by atomic mass is 19.4. The smallest absolute Gasteiger partial charge is 0.356 e. The van der Waals surface area contributed by atoms with Crippen molar-refractivity contribution in [2.75, 3.05) is 31.1 Å². The van der Waals surface area contributed by atoms with E-state index >= 15 is 0 Å². The maximum absolute atomic E-state index is 13.4. The maximum atomic E-state index is 13.4. The van der Waals surface area contributed by atoms with Crippen LogP contribution in [0.2, 0.25) is 0 Å². The molecule has 160 valence electrons. The van der Waals surface area contributed by atoms with Crippen LogP contribution in [0.3, 0.4) is 0 Å². The van der Waals surface area contributed by atoms with E-state index in [2.05, 4.69) is 15.0 Å². The van der Waals surface area contributed by atoms with Crippen LogP contribution in [0.15, 0.2) is 30.6 Å². The number of amides is 1. The summed E-state index contributed by atoms with van der Waals surface area (Å²) in [4.78, 5) is 27.9. The van der Waals surface area contributed by atoms with Crippen LogP contribution < -0.4 is 4.90 Å². The van der Waals surface area contributed by atoms with Crippen molar-refractivity contribution in [3.63, 3.8) is 0 Å². The minimum absolute atomic E-state index is 0.0447. The van der Waals surface area contributed by atoms with Crippen molar-refractivity contribution in [1.82, 2.24) is 19.9 Å². The molecule has 9 heteroatoms. The highest BCUT2D eigenvalue weighted by Crippen LogP contribution is 2.33. The summed E-state index contributed by atoms with van der Waals surface area (Å²) in [6.45, 7) is 2.77. The van der Waals surface area contributed by atoms with Crippen LogP contribution in [-0.2, 0) is 11.0 Å². The van der Waals surface area contributed by atoms with Crippen molar-refractivity contribution in [3.8, 4) is 11.4 Å². The molecule has 0 unspecified atom stereocenters. The Labute approximate surface area is 173 Å². The van der Waals surface area contributed by atoms with E-state index in [9.17, 15) is 18.0 Å². The number of carbonyl (C=O) groups is 1. The summed E-state index contributed by atoms with van der Waals surface area (Å²) in [6.07, 6.45) is 2.73. The van der Waals surface area contributed by atoms with Gasteiger partial charge in [-0.05, 0) is 43.7 Å². The molecule has 6 nitrogen and oxygen atoms in total. The average Bonchev–Trinajstić information content (AvgIpc) is 2.76. The highest BCUT2D eigenvalue weighted by Gasteiger charge is 2.35. The molecule has 30 heavy (non-hydrogen) atoms. The van der Waals surface area contributed by atoms with Crippen LogP contribution in [0.4, 0.5) is 19.0 Å². The van der Waals surface area contributed by atoms with Gasteiger partial charge in [0.05, 0.1) is 0 Å². The number of likely N-dealkylation sites (tertiary alicyclic amines) is 1. The first-order valence-corrected chi connectivity index (χ1v) is 10.3. The lowest BCUT2D eigenvalue weighted by atomic mass is 9.95. The molecule has 2 fully saturated rings. The Hall–Kier alpha value is -2.71. The molecule has 0 radical (unpaired) electrons. The van der Waals surface area contributed by atoms with E-state index in [-0.39, 0.29) is 17.5 Å². The van der Waals surface area contributed by atoms with Gasteiger partial charge in [0.15, 0.2) is 11.5 Å². The van der Waals surface area contributed by atoms with E-state index in [1.54, 1.807) is 12.1 Å². The number of aromatic nitrogens is 3. The molecule has 4 heterocycles. The molecule has 0 aliphatic carbocycles. The van der Waals surface area contributed by atoms with E-state index in [1.807, 2.05) is 9.80 Å². The molecule has 1 amide bonds. The molecule has 2 aromatic heterocycles. The average molecular weight is 419 g/mol. The number of rotatable bonds is 4. The van der Waals surface area contributed by atoms with Gasteiger partial charge in [-0.3, -0.25) is 9.78 Å². The SMILES string of the molecule is O=C1CCCCN1CC1CCN(c2cc(C(F)(F)F)nc(-c3ccncc3)n2)CC1. The fourth-order valence-corrected chi connectivity index (χ4v) is 4.08. The lowest BCUT2D eigenvalue weighted by Gasteiger charge is -2.36. The first-order valence-electron chi connectivity index (χ1n) is 10.3. The van der Waals surface area contributed by atoms with E-state index in [0.717, 1.165) is 44.8 Å². The molecule has 0 saturated carbocycles. The lowest BCUT2D eigenvalue weighted by Crippen LogP contribution is -2.43. The maximum Gasteiger partial charge on any atom is 0.433 e. The molecular formula is C21H24F3N5O. The first-order chi connectivity index (χ1) is 14.4. The van der Waals surface area contributed by atoms with Gasteiger partial charge in [-0.1, -0.05) is 0 Å². The quantitative estimate of drug-likeness (QED) is 0.755. The summed E-state index contributed by atoms with van der Waals surface area (Å²) in [5, 5.41) is 0. The Kier molecular flexibility index (Phi) is 5.87. The molecule has 0 aromatic carbocycles. The minimum atomic E-state index is -4.55. The molecule has 2 aromatic rings. The van der Waals surface area contributed by atoms with Gasteiger partial charge in [0, 0.05) is 56.6 Å². The van der Waals surface area contributed by atoms with E-state index in [0.29, 0.717) is 31.0 Å². The fraction of sp³-hybridized carbons (Fsp3) is 0.524. The highest BCUT2D eigenvalue weighted by molar-refractivity contribution is 5.76. The Balaban J connectivity index is 1.49. The molecule has 0 atom stereocenters. The zero-order valence-corrected chi connectivity index (χ0v) is 16.6. The number of alkyl halides is 3. The predicted octanol–water partition coefficient (Wildman–Crippen LogP) is 3.79. The number of pyridine rings is 1. The first kappa shape index (κ1) is 20.6. The summed E-state index contributed by atoms with van der Waals surface area (Å²) < 4.78 is 40.3. The third-order valence-corrected chi connectivity index (χ3v) is 5.78. The third kappa shape index (κ3) is 4.71. The molecule has 2 saturated heterocycles. The number of nitrogens with zero attached hydrogens (tertiary/aromatic N) is 5. The van der Waals surface area contributed by atoms with Gasteiger partial charge in [-0.15, -0.1) is 0 Å². The van der Waals surface area contributed by atoms with Gasteiger partial charge in [-0.25, -0.2) is 9.97 Å². The van der Waals surface area contributed by atoms with E-state index in [4.69, 9.17) is 0 Å². The van der Waals surface area contributed by atoms with Gasteiger partial charge in [0.1, 0.15) is 5.82 Å². The molecule has 0 spiro atoms. The van der Waals surface area contributed by atoms with Crippen molar-refractivity contribution in [2.24, 2.45) is 5.92 Å². The van der Waals surface area contributed by atoms with E-state index in [1.165, 1.54) is 12.4 Å². The van der Waals surface area contributed by atoms with Crippen molar-refractivity contribution in [2.45, 2.75) is 38.3 Å². The van der Waals surface area contributed by atoms with Crippen LogP contribution in [0, 0.1) is 5.92 Å². The Morgan fingerprint density at radius 1 is 1.03 bits per heavy atom. The van der Waals surface area contributed by atoms with Crippen LogP contribution in [0.5, 0.6) is 0 Å². The number of halogens is 3. The monoisotopic (exact) mass is 419 g/mol. The molecule has 0 N–H and O–H groups in total. The summed E-state index contributed by atoms with van der Waals surface area (Å²) >= 11 is 0. The number of carbonyl (C=O) groups excluding carboxylic acids is 1. The van der Waals surface area contributed by atoms with Crippen molar-refractivity contribution < 1.29 is 18.0 Å². The standard InChI is InChI=1S/C21H24F3N5O/c22-21(23,24)17-13-18(27-20(26-17)16-4-8-25-9-5-16)28-11-6-15(7-12-28)14-29-10-2-1-3-19(29)30/h4-5,8-9,13,15H,1-3,6-7,10-12,14H2. The van der Waals surface area contributed by atoms with Gasteiger partial charge in [0.2, 0.25) is 5.91 Å². The Morgan fingerprint density at radius 2 is 1.77 bits per heavy atom. The number of hydrogen-bond donors (Lipinski definition) is 0. The van der Waals surface area contributed by atoms with Gasteiger partial charge in [0.25, 0.3) is 0 Å². The number of piperidine rings is 2. The molecule has 4 rings (SSSR count). The van der Waals surface area contributed by atoms with E-state index < -0.39 is 11.9 Å². The summed E-state index contributed by atoms with van der Waals surface area (Å²) in [5.74, 6) is 0.920. The summed E-state index contributed by atoms with van der Waals surface area (Å²) in [6, 6.07) is 4.22. The Bertz CT molecular complexity index is 882. The van der Waals surface area contributed by atoms with Crippen LogP contribution in [0.1, 0.15) is 37.8 Å². The summed E-state index contributed by atoms with van der Waals surface area (Å²) in [7, 11) is 0. The Morgan fingerprint density at radius 3 is 2.43 bits per heavy atom. The zero-order valence-electron chi connectivity index (χ0n) is 16.6. The second-order valence-electron chi connectivity index (χ2n) is 7.90. The van der Waals surface area contributed by atoms with Crippen LogP contribution >= 0.6 is 0 Å². The molecule has 2 aliphatic heterocycles. The predicted molar refractivity (Wildman–Crippen MR) is 106 cm³/mol. The van der Waals surface area contributed by atoms with Crippen molar-refractivity contribution >= 4 is 11.7 Å². The second kappa shape index (κ2) is 8.57. The third-order valence-electron chi connectivity index (χ3n) is 5.78. The van der Waals surface area contributed by atoms with Gasteiger partial charge < -0.3 is 9.80 Å². The largest absolute Gasteiger partial charge is 0.433 e. The van der Waals surface area contributed by atoms with Crippen molar-refractivity contribution in [3.05, 3.63) is 36.3 Å². The molecule has 2 aliphatic rings. The van der Waals surface area contributed by atoms with Crippen LogP contribution in [0.25, 0.3) is 11.4 Å². The second-order valence-corrected chi connectivity index (χ2v) is 7.90. The number of hydrogen-bond acceptors (Lipinski definition) is 5. The molecule has 0 bridgehead atoms. The lowest BCUT2D eigenvalue weighted by molar-refractivity contribution is -0.141. The summed E-state index contributed by atoms with van der Waals surface area (Å²) in [5.41, 5.74) is -0.448. The normalized spacial score (nSPS) is 18.7. The van der Waals surface area contributed by atoms with Crippen molar-refractivity contribution in [1.29, 1.82) is 0 Å². The zero-order chi connectivity index (χ0) is 21.1. The van der Waals surface area contributed by atoms with Gasteiger partial charge in [-0.2, -0.15) is 13.2 Å². The van der Waals surface area contributed by atoms with Gasteiger partial charge >= 0.3 is 6.18 Å². The minimum Gasteiger partial charge on any atom is -0.356 e.